The standard InChI is InChI=1S/C9H7ClOS/c1-5-4-7(10)6-2-3-12-9(6)8(5)11/h2-4,11H,1H3. The number of phenols is 1. The zero-order valence-corrected chi connectivity index (χ0v) is 8.04. The van der Waals surface area contributed by atoms with Crippen LogP contribution in [0.25, 0.3) is 10.1 Å². The second-order valence-corrected chi connectivity index (χ2v) is 4.01. The molecule has 0 spiro atoms. The van der Waals surface area contributed by atoms with E-state index in [2.05, 4.69) is 0 Å². The molecule has 0 aliphatic heterocycles. The number of benzene rings is 1. The number of halogens is 1. The molecule has 2 aromatic rings. The molecule has 0 unspecified atom stereocenters. The Morgan fingerprint density at radius 2 is 2.25 bits per heavy atom. The van der Waals surface area contributed by atoms with Gasteiger partial charge >= 0.3 is 0 Å². The lowest BCUT2D eigenvalue weighted by Crippen LogP contribution is -1.75. The number of hydrogen-bond donors (Lipinski definition) is 1. The smallest absolute Gasteiger partial charge is 0.136 e. The van der Waals surface area contributed by atoms with Gasteiger partial charge in [0.05, 0.1) is 4.70 Å². The maximum Gasteiger partial charge on any atom is 0.136 e. The lowest BCUT2D eigenvalue weighted by molar-refractivity contribution is 0.478. The summed E-state index contributed by atoms with van der Waals surface area (Å²) in [7, 11) is 0. The van der Waals surface area contributed by atoms with Crippen LogP contribution in [0.1, 0.15) is 5.56 Å². The Kier molecular flexibility index (Phi) is 1.74. The molecule has 0 saturated carbocycles. The lowest BCUT2D eigenvalue weighted by Gasteiger charge is -2.01. The summed E-state index contributed by atoms with van der Waals surface area (Å²) in [6.45, 7) is 1.85. The summed E-state index contributed by atoms with van der Waals surface area (Å²) in [6.07, 6.45) is 0. The maximum atomic E-state index is 9.62. The van der Waals surface area contributed by atoms with E-state index in [0.717, 1.165) is 15.6 Å². The molecule has 3 heteroatoms. The van der Waals surface area contributed by atoms with E-state index in [9.17, 15) is 5.11 Å². The van der Waals surface area contributed by atoms with Crippen LogP contribution in [0.4, 0.5) is 0 Å². The average molecular weight is 199 g/mol. The van der Waals surface area contributed by atoms with Crippen molar-refractivity contribution in [2.24, 2.45) is 0 Å². The monoisotopic (exact) mass is 198 g/mol. The molecule has 2 rings (SSSR count). The van der Waals surface area contributed by atoms with E-state index in [0.29, 0.717) is 10.8 Å². The molecule has 12 heavy (non-hydrogen) atoms. The minimum Gasteiger partial charge on any atom is -0.506 e. The molecule has 0 fully saturated rings. The molecular weight excluding hydrogens is 192 g/mol. The first kappa shape index (κ1) is 7.90. The lowest BCUT2D eigenvalue weighted by atomic mass is 10.2. The number of phenolic OH excluding ortho intramolecular Hbond substituents is 1. The molecule has 1 aromatic carbocycles. The van der Waals surface area contributed by atoms with Crippen LogP contribution in [0.3, 0.4) is 0 Å². The third kappa shape index (κ3) is 0.993. The molecule has 0 aliphatic carbocycles. The average Bonchev–Trinajstić information content (AvgIpc) is 2.48. The fourth-order valence-corrected chi connectivity index (χ4v) is 2.49. The Hall–Kier alpha value is -0.730. The molecule has 0 atom stereocenters. The molecule has 1 N–H and O–H groups in total. The van der Waals surface area contributed by atoms with Gasteiger partial charge in [0, 0.05) is 10.4 Å². The van der Waals surface area contributed by atoms with Crippen LogP contribution in [0.15, 0.2) is 17.5 Å². The molecule has 0 saturated heterocycles. The predicted octanol–water partition coefficient (Wildman–Crippen LogP) is 3.57. The number of hydrogen-bond acceptors (Lipinski definition) is 2. The summed E-state index contributed by atoms with van der Waals surface area (Å²) in [6, 6.07) is 3.70. The quantitative estimate of drug-likeness (QED) is 0.686. The summed E-state index contributed by atoms with van der Waals surface area (Å²) >= 11 is 7.48. The van der Waals surface area contributed by atoms with Gasteiger partial charge in [-0.05, 0) is 30.0 Å². The van der Waals surface area contributed by atoms with Crippen LogP contribution in [0.5, 0.6) is 5.75 Å². The van der Waals surface area contributed by atoms with Crippen molar-refractivity contribution in [1.82, 2.24) is 0 Å². The van der Waals surface area contributed by atoms with Gasteiger partial charge in [-0.15, -0.1) is 11.3 Å². The fraction of sp³-hybridized carbons (Fsp3) is 0.111. The Morgan fingerprint density at radius 3 is 3.00 bits per heavy atom. The maximum absolute atomic E-state index is 9.62. The van der Waals surface area contributed by atoms with E-state index in [-0.39, 0.29) is 0 Å². The van der Waals surface area contributed by atoms with Crippen molar-refractivity contribution in [3.63, 3.8) is 0 Å². The zero-order chi connectivity index (χ0) is 8.72. The van der Waals surface area contributed by atoms with Gasteiger partial charge in [0.2, 0.25) is 0 Å². The van der Waals surface area contributed by atoms with Crippen molar-refractivity contribution < 1.29 is 5.11 Å². The van der Waals surface area contributed by atoms with Crippen LogP contribution in [-0.2, 0) is 0 Å². The summed E-state index contributed by atoms with van der Waals surface area (Å²) in [4.78, 5) is 0. The molecule has 1 heterocycles. The van der Waals surface area contributed by atoms with E-state index in [4.69, 9.17) is 11.6 Å². The van der Waals surface area contributed by atoms with Crippen LogP contribution >= 0.6 is 22.9 Å². The SMILES string of the molecule is Cc1cc(Cl)c2ccsc2c1O. The molecule has 62 valence electrons. The summed E-state index contributed by atoms with van der Waals surface area (Å²) < 4.78 is 0.875. The molecule has 0 amide bonds. The molecule has 0 bridgehead atoms. The molecule has 1 nitrogen and oxygen atoms in total. The predicted molar refractivity (Wildman–Crippen MR) is 53.2 cm³/mol. The van der Waals surface area contributed by atoms with E-state index >= 15 is 0 Å². The minimum absolute atomic E-state index is 0.351. The first-order valence-electron chi connectivity index (χ1n) is 3.55. The highest BCUT2D eigenvalue weighted by Crippen LogP contribution is 2.37. The molecule has 1 aromatic heterocycles. The largest absolute Gasteiger partial charge is 0.506 e. The Labute approximate surface area is 79.2 Å². The summed E-state index contributed by atoms with van der Waals surface area (Å²) in [5.74, 6) is 0.351. The van der Waals surface area contributed by atoms with Gasteiger partial charge in [-0.25, -0.2) is 0 Å². The third-order valence-corrected chi connectivity index (χ3v) is 3.09. The first-order valence-corrected chi connectivity index (χ1v) is 4.81. The van der Waals surface area contributed by atoms with Gasteiger partial charge in [-0.1, -0.05) is 11.6 Å². The normalized spacial score (nSPS) is 10.8. The molecule has 0 radical (unpaired) electrons. The fourth-order valence-electron chi connectivity index (χ4n) is 1.20. The highest BCUT2D eigenvalue weighted by molar-refractivity contribution is 7.17. The van der Waals surface area contributed by atoms with Gasteiger partial charge in [-0.3, -0.25) is 0 Å². The van der Waals surface area contributed by atoms with Crippen molar-refractivity contribution in [1.29, 1.82) is 0 Å². The first-order chi connectivity index (χ1) is 5.70. The van der Waals surface area contributed by atoms with Crippen LogP contribution in [-0.4, -0.2) is 5.11 Å². The zero-order valence-electron chi connectivity index (χ0n) is 6.47. The van der Waals surface area contributed by atoms with E-state index in [1.54, 1.807) is 6.07 Å². The van der Waals surface area contributed by atoms with Crippen molar-refractivity contribution in [2.75, 3.05) is 0 Å². The van der Waals surface area contributed by atoms with Crippen molar-refractivity contribution in [3.8, 4) is 5.75 Å². The highest BCUT2D eigenvalue weighted by atomic mass is 35.5. The van der Waals surface area contributed by atoms with Crippen LogP contribution < -0.4 is 0 Å². The topological polar surface area (TPSA) is 20.2 Å². The van der Waals surface area contributed by atoms with Crippen molar-refractivity contribution >= 4 is 33.0 Å². The number of aromatic hydroxyl groups is 1. The summed E-state index contributed by atoms with van der Waals surface area (Å²) in [5, 5.41) is 13.2. The molecule has 0 aliphatic rings. The van der Waals surface area contributed by atoms with E-state index < -0.39 is 0 Å². The number of aryl methyl sites for hydroxylation is 1. The van der Waals surface area contributed by atoms with Crippen molar-refractivity contribution in [2.45, 2.75) is 6.92 Å². The van der Waals surface area contributed by atoms with Crippen LogP contribution in [0.2, 0.25) is 5.02 Å². The second-order valence-electron chi connectivity index (χ2n) is 2.69. The Morgan fingerprint density at radius 1 is 1.50 bits per heavy atom. The second kappa shape index (κ2) is 2.64. The van der Waals surface area contributed by atoms with Gasteiger partial charge < -0.3 is 5.11 Å². The van der Waals surface area contributed by atoms with E-state index in [1.165, 1.54) is 11.3 Å². The van der Waals surface area contributed by atoms with Gasteiger partial charge in [0.15, 0.2) is 0 Å². The Balaban J connectivity index is 2.97. The van der Waals surface area contributed by atoms with Crippen LogP contribution in [0, 0.1) is 6.92 Å². The van der Waals surface area contributed by atoms with Gasteiger partial charge in [-0.2, -0.15) is 0 Å². The molecular formula is C9H7ClOS. The van der Waals surface area contributed by atoms with E-state index in [1.807, 2.05) is 18.4 Å². The van der Waals surface area contributed by atoms with Gasteiger partial charge in [0.1, 0.15) is 5.75 Å². The van der Waals surface area contributed by atoms with Gasteiger partial charge in [0.25, 0.3) is 0 Å². The number of thiophene rings is 1. The Bertz CT molecular complexity index is 433. The van der Waals surface area contributed by atoms with Crippen molar-refractivity contribution in [3.05, 3.63) is 28.1 Å². The third-order valence-electron chi connectivity index (χ3n) is 1.85. The number of rotatable bonds is 0. The highest BCUT2D eigenvalue weighted by Gasteiger charge is 2.07. The number of fused-ring (bicyclic) bond motifs is 1. The summed E-state index contributed by atoms with van der Waals surface area (Å²) in [5.41, 5.74) is 0.829. The minimum atomic E-state index is 0.351.